The predicted octanol–water partition coefficient (Wildman–Crippen LogP) is 4.59. The van der Waals surface area contributed by atoms with Gasteiger partial charge in [-0.1, -0.05) is 41.9 Å². The number of hydrogen-bond acceptors (Lipinski definition) is 4. The Hall–Kier alpha value is -3.22. The van der Waals surface area contributed by atoms with Crippen molar-refractivity contribution in [1.29, 1.82) is 0 Å². The van der Waals surface area contributed by atoms with Gasteiger partial charge in [0.1, 0.15) is 0 Å². The lowest BCUT2D eigenvalue weighted by Gasteiger charge is -2.19. The third-order valence-corrected chi connectivity index (χ3v) is 6.10. The molecule has 7 heteroatoms. The second kappa shape index (κ2) is 6.90. The molecule has 0 spiro atoms. The van der Waals surface area contributed by atoms with Crippen LogP contribution in [0, 0.1) is 5.41 Å². The minimum atomic E-state index is -0.573. The molecule has 3 amide bonds. The monoisotopic (exact) mass is 434 g/mol. The number of benzene rings is 3. The van der Waals surface area contributed by atoms with Crippen molar-refractivity contribution >= 4 is 45.8 Å². The first-order valence-corrected chi connectivity index (χ1v) is 10.3. The largest absolute Gasteiger partial charge is 0.272 e. The first-order valence-electron chi connectivity index (χ1n) is 9.91. The van der Waals surface area contributed by atoms with Gasteiger partial charge in [-0.05, 0) is 54.4 Å². The molecule has 0 bridgehead atoms. The van der Waals surface area contributed by atoms with Gasteiger partial charge in [-0.15, -0.1) is 0 Å². The molecule has 31 heavy (non-hydrogen) atoms. The van der Waals surface area contributed by atoms with Crippen LogP contribution in [-0.2, 0) is 16.2 Å². The predicted molar refractivity (Wildman–Crippen MR) is 117 cm³/mol. The van der Waals surface area contributed by atoms with Crippen molar-refractivity contribution in [2.45, 2.75) is 20.4 Å². The Bertz CT molecular complexity index is 1230. The fourth-order valence-electron chi connectivity index (χ4n) is 3.93. The van der Waals surface area contributed by atoms with Gasteiger partial charge in [-0.3, -0.25) is 19.2 Å². The van der Waals surface area contributed by atoms with E-state index in [1.165, 1.54) is 5.06 Å². The van der Waals surface area contributed by atoms with E-state index in [9.17, 15) is 14.4 Å². The second-order valence-corrected chi connectivity index (χ2v) is 8.87. The van der Waals surface area contributed by atoms with E-state index in [-0.39, 0.29) is 24.3 Å². The minimum Gasteiger partial charge on any atom is -0.272 e. The summed E-state index contributed by atoms with van der Waals surface area (Å²) in [6.07, 6.45) is 0. The first-order chi connectivity index (χ1) is 14.8. The first kappa shape index (κ1) is 19.7. The molecule has 1 fully saturated rings. The fraction of sp³-hybridized carbons (Fsp3) is 0.208. The van der Waals surface area contributed by atoms with Crippen LogP contribution >= 0.6 is 11.6 Å². The average molecular weight is 435 g/mol. The van der Waals surface area contributed by atoms with E-state index in [0.717, 1.165) is 15.7 Å². The lowest BCUT2D eigenvalue weighted by molar-refractivity contribution is -0.165. The van der Waals surface area contributed by atoms with Crippen LogP contribution in [0.15, 0.2) is 54.6 Å². The van der Waals surface area contributed by atoms with Gasteiger partial charge in [0, 0.05) is 5.02 Å². The van der Waals surface area contributed by atoms with Crippen LogP contribution < -0.4 is 4.90 Å². The zero-order valence-corrected chi connectivity index (χ0v) is 17.8. The van der Waals surface area contributed by atoms with Crippen molar-refractivity contribution in [3.63, 3.8) is 0 Å². The van der Waals surface area contributed by atoms with Crippen LogP contribution in [0.4, 0.5) is 5.69 Å². The highest BCUT2D eigenvalue weighted by Crippen LogP contribution is 2.35. The highest BCUT2D eigenvalue weighted by Gasteiger charge is 2.41. The third-order valence-electron chi connectivity index (χ3n) is 5.75. The zero-order chi connectivity index (χ0) is 21.9. The number of carbonyl (C=O) groups excluding carboxylic acids is 3. The van der Waals surface area contributed by atoms with E-state index in [1.54, 1.807) is 30.3 Å². The molecule has 2 aliphatic rings. The molecule has 0 aromatic heterocycles. The van der Waals surface area contributed by atoms with Crippen molar-refractivity contribution in [1.82, 2.24) is 5.06 Å². The summed E-state index contributed by atoms with van der Waals surface area (Å²) >= 11 is 6.45. The number of imide groups is 1. The number of hydrogen-bond donors (Lipinski definition) is 0. The molecule has 5 rings (SSSR count). The number of anilines is 1. The summed E-state index contributed by atoms with van der Waals surface area (Å²) in [7, 11) is 0. The summed E-state index contributed by atoms with van der Waals surface area (Å²) in [4.78, 5) is 45.1. The molecule has 0 unspecified atom stereocenters. The summed E-state index contributed by atoms with van der Waals surface area (Å²) in [6, 6.07) is 16.0. The Labute approximate surface area is 183 Å². The van der Waals surface area contributed by atoms with Crippen molar-refractivity contribution in [3.05, 3.63) is 76.3 Å². The maximum Gasteiger partial charge on any atom is 0.266 e. The summed E-state index contributed by atoms with van der Waals surface area (Å²) in [5.41, 5.74) is 1.23. The van der Waals surface area contributed by atoms with Gasteiger partial charge >= 0.3 is 0 Å². The highest BCUT2D eigenvalue weighted by molar-refractivity contribution is 6.36. The number of amides is 3. The van der Waals surface area contributed by atoms with E-state index in [2.05, 4.69) is 0 Å². The Balaban J connectivity index is 1.45. The van der Waals surface area contributed by atoms with Gasteiger partial charge in [-0.2, -0.15) is 0 Å². The normalized spacial score (nSPS) is 17.7. The second-order valence-electron chi connectivity index (χ2n) is 8.47. The lowest BCUT2D eigenvalue weighted by Crippen LogP contribution is -2.31. The Morgan fingerprint density at radius 2 is 1.55 bits per heavy atom. The van der Waals surface area contributed by atoms with Crippen molar-refractivity contribution < 1.29 is 19.2 Å². The smallest absolute Gasteiger partial charge is 0.266 e. The number of fused-ring (bicyclic) bond motifs is 2. The minimum absolute atomic E-state index is 0.111. The van der Waals surface area contributed by atoms with Gasteiger partial charge in [0.25, 0.3) is 17.7 Å². The Kier molecular flexibility index (Phi) is 4.39. The number of rotatable bonds is 3. The van der Waals surface area contributed by atoms with Crippen LogP contribution in [-0.4, -0.2) is 29.4 Å². The molecule has 0 atom stereocenters. The molecule has 0 aliphatic carbocycles. The zero-order valence-electron chi connectivity index (χ0n) is 17.0. The SMILES string of the molecule is CC1(C)CON(Cc2ccc(N3C(=O)c4cc5ccccc5cc4C3=O)cc2Cl)C1=O. The maximum atomic E-state index is 13.0. The quantitative estimate of drug-likeness (QED) is 0.565. The molecular weight excluding hydrogens is 416 g/mol. The number of hydroxylamine groups is 2. The summed E-state index contributed by atoms with van der Waals surface area (Å²) < 4.78 is 0. The molecule has 0 radical (unpaired) electrons. The molecule has 156 valence electrons. The molecule has 6 nitrogen and oxygen atoms in total. The van der Waals surface area contributed by atoms with E-state index >= 15 is 0 Å². The summed E-state index contributed by atoms with van der Waals surface area (Å²) in [5, 5.41) is 3.45. The molecule has 1 saturated heterocycles. The average Bonchev–Trinajstić information content (AvgIpc) is 3.14. The Morgan fingerprint density at radius 1 is 0.935 bits per heavy atom. The summed E-state index contributed by atoms with van der Waals surface area (Å²) in [6.45, 7) is 4.15. The fourth-order valence-corrected chi connectivity index (χ4v) is 4.17. The standard InChI is InChI=1S/C24H19ClN2O4/c1-24(2)13-31-26(23(24)30)12-16-7-8-17(11-20(16)25)27-21(28)18-9-14-5-3-4-6-15(14)10-19(18)22(27)29/h3-11H,12-13H2,1-2H3. The van der Waals surface area contributed by atoms with Gasteiger partial charge in [0.2, 0.25) is 0 Å². The molecule has 2 heterocycles. The molecule has 3 aromatic rings. The van der Waals surface area contributed by atoms with Crippen LogP contribution in [0.25, 0.3) is 10.8 Å². The van der Waals surface area contributed by atoms with E-state index in [4.69, 9.17) is 16.4 Å². The van der Waals surface area contributed by atoms with Crippen LogP contribution in [0.1, 0.15) is 40.1 Å². The van der Waals surface area contributed by atoms with E-state index < -0.39 is 5.41 Å². The maximum absolute atomic E-state index is 13.0. The molecule has 0 saturated carbocycles. The van der Waals surface area contributed by atoms with Crippen molar-refractivity contribution in [3.8, 4) is 0 Å². The molecule has 3 aromatic carbocycles. The number of halogens is 1. The van der Waals surface area contributed by atoms with E-state index in [0.29, 0.717) is 34.0 Å². The van der Waals surface area contributed by atoms with Crippen molar-refractivity contribution in [2.75, 3.05) is 11.5 Å². The van der Waals surface area contributed by atoms with E-state index in [1.807, 2.05) is 38.1 Å². The molecule has 0 N–H and O–H groups in total. The molecular formula is C24H19ClN2O4. The number of carbonyl (C=O) groups is 3. The topological polar surface area (TPSA) is 66.9 Å². The lowest BCUT2D eigenvalue weighted by atomic mass is 9.95. The van der Waals surface area contributed by atoms with Gasteiger partial charge in [-0.25, -0.2) is 9.96 Å². The van der Waals surface area contributed by atoms with Crippen LogP contribution in [0.3, 0.4) is 0 Å². The van der Waals surface area contributed by atoms with Crippen LogP contribution in [0.5, 0.6) is 0 Å². The Morgan fingerprint density at radius 3 is 2.06 bits per heavy atom. The van der Waals surface area contributed by atoms with Crippen LogP contribution in [0.2, 0.25) is 5.02 Å². The number of nitrogens with zero attached hydrogens (tertiary/aromatic N) is 2. The van der Waals surface area contributed by atoms with Gasteiger partial charge < -0.3 is 0 Å². The third kappa shape index (κ3) is 3.10. The van der Waals surface area contributed by atoms with Gasteiger partial charge in [0.15, 0.2) is 0 Å². The van der Waals surface area contributed by atoms with Gasteiger partial charge in [0.05, 0.1) is 35.4 Å². The highest BCUT2D eigenvalue weighted by atomic mass is 35.5. The summed E-state index contributed by atoms with van der Waals surface area (Å²) in [5.74, 6) is -0.871. The molecule has 2 aliphatic heterocycles. The van der Waals surface area contributed by atoms with Crippen molar-refractivity contribution in [2.24, 2.45) is 5.41 Å².